The molecular formula is C22H26FN7. The molecule has 1 fully saturated rings. The van der Waals surface area contributed by atoms with Crippen LogP contribution in [0.2, 0.25) is 0 Å². The Hall–Kier alpha value is -3.42. The standard InChI is InChI=1S/C22H26FN7/c1-2-24-22(26-17-18-8-10-25-21(16-18)30-11-5-9-27-30)29-14-12-28(13-15-29)20-7-4-3-6-19(20)23/h3-11,16H,2,12-15,17H2,1H3,(H,24,26). The maximum absolute atomic E-state index is 14.1. The number of halogens is 1. The molecule has 2 aromatic heterocycles. The van der Waals surface area contributed by atoms with Crippen LogP contribution in [0, 0.1) is 5.82 Å². The molecular weight excluding hydrogens is 381 g/mol. The van der Waals surface area contributed by atoms with E-state index in [9.17, 15) is 4.39 Å². The van der Waals surface area contributed by atoms with Crippen molar-refractivity contribution in [3.05, 3.63) is 72.4 Å². The van der Waals surface area contributed by atoms with E-state index < -0.39 is 0 Å². The summed E-state index contributed by atoms with van der Waals surface area (Å²) in [6.07, 6.45) is 5.38. The minimum absolute atomic E-state index is 0.169. The van der Waals surface area contributed by atoms with E-state index in [0.717, 1.165) is 50.1 Å². The highest BCUT2D eigenvalue weighted by Crippen LogP contribution is 2.20. The van der Waals surface area contributed by atoms with Crippen LogP contribution in [0.3, 0.4) is 0 Å². The molecule has 4 rings (SSSR count). The molecule has 0 spiro atoms. The lowest BCUT2D eigenvalue weighted by Crippen LogP contribution is -2.52. The van der Waals surface area contributed by atoms with E-state index in [-0.39, 0.29) is 5.82 Å². The van der Waals surface area contributed by atoms with E-state index in [1.165, 1.54) is 6.07 Å². The Labute approximate surface area is 175 Å². The van der Waals surface area contributed by atoms with Gasteiger partial charge in [0.05, 0.1) is 12.2 Å². The minimum atomic E-state index is -0.169. The van der Waals surface area contributed by atoms with E-state index in [1.807, 2.05) is 36.5 Å². The quantitative estimate of drug-likeness (QED) is 0.521. The lowest BCUT2D eigenvalue weighted by atomic mass is 10.2. The van der Waals surface area contributed by atoms with Crippen molar-refractivity contribution in [3.63, 3.8) is 0 Å². The summed E-state index contributed by atoms with van der Waals surface area (Å²) in [5, 5.41) is 7.61. The van der Waals surface area contributed by atoms with E-state index in [4.69, 9.17) is 4.99 Å². The third kappa shape index (κ3) is 4.59. The fraction of sp³-hybridized carbons (Fsp3) is 0.318. The number of guanidine groups is 1. The molecule has 1 aromatic carbocycles. The van der Waals surface area contributed by atoms with Gasteiger partial charge in [0.2, 0.25) is 0 Å². The molecule has 1 N–H and O–H groups in total. The molecule has 0 unspecified atom stereocenters. The van der Waals surface area contributed by atoms with Crippen molar-refractivity contribution in [2.45, 2.75) is 13.5 Å². The van der Waals surface area contributed by atoms with Crippen LogP contribution in [-0.4, -0.2) is 58.3 Å². The number of aromatic nitrogens is 3. The summed E-state index contributed by atoms with van der Waals surface area (Å²) in [5.74, 6) is 1.48. The van der Waals surface area contributed by atoms with Gasteiger partial charge in [-0.2, -0.15) is 5.10 Å². The number of pyridine rings is 1. The van der Waals surface area contributed by atoms with Crippen molar-refractivity contribution in [2.24, 2.45) is 4.99 Å². The largest absolute Gasteiger partial charge is 0.366 e. The summed E-state index contributed by atoms with van der Waals surface area (Å²) < 4.78 is 15.8. The molecule has 0 bridgehead atoms. The number of para-hydroxylation sites is 1. The topological polar surface area (TPSA) is 61.6 Å². The zero-order valence-electron chi connectivity index (χ0n) is 17.1. The average Bonchev–Trinajstić information content (AvgIpc) is 3.33. The van der Waals surface area contributed by atoms with Gasteiger partial charge in [0, 0.05) is 51.3 Å². The highest BCUT2D eigenvalue weighted by Gasteiger charge is 2.21. The Morgan fingerprint density at radius 2 is 1.93 bits per heavy atom. The monoisotopic (exact) mass is 407 g/mol. The summed E-state index contributed by atoms with van der Waals surface area (Å²) in [5.41, 5.74) is 1.73. The van der Waals surface area contributed by atoms with Gasteiger partial charge >= 0.3 is 0 Å². The molecule has 0 aliphatic carbocycles. The van der Waals surface area contributed by atoms with Crippen molar-refractivity contribution >= 4 is 11.6 Å². The van der Waals surface area contributed by atoms with Crippen LogP contribution in [0.15, 0.2) is 66.0 Å². The van der Waals surface area contributed by atoms with Crippen LogP contribution in [0.1, 0.15) is 12.5 Å². The minimum Gasteiger partial charge on any atom is -0.366 e. The van der Waals surface area contributed by atoms with E-state index in [1.54, 1.807) is 23.1 Å². The van der Waals surface area contributed by atoms with Crippen molar-refractivity contribution in [1.29, 1.82) is 0 Å². The first kappa shape index (κ1) is 19.9. The highest BCUT2D eigenvalue weighted by atomic mass is 19.1. The van der Waals surface area contributed by atoms with Crippen LogP contribution in [0.25, 0.3) is 5.82 Å². The summed E-state index contributed by atoms with van der Waals surface area (Å²) in [4.78, 5) is 13.5. The number of anilines is 1. The van der Waals surface area contributed by atoms with Crippen LogP contribution in [0.5, 0.6) is 0 Å². The zero-order valence-corrected chi connectivity index (χ0v) is 17.1. The van der Waals surface area contributed by atoms with Gasteiger partial charge in [-0.25, -0.2) is 19.0 Å². The van der Waals surface area contributed by atoms with Gasteiger partial charge in [0.25, 0.3) is 0 Å². The Balaban J connectivity index is 1.42. The van der Waals surface area contributed by atoms with Gasteiger partial charge in [-0.15, -0.1) is 0 Å². The molecule has 0 atom stereocenters. The second-order valence-electron chi connectivity index (χ2n) is 7.07. The van der Waals surface area contributed by atoms with E-state index in [2.05, 4.69) is 32.1 Å². The fourth-order valence-corrected chi connectivity index (χ4v) is 3.55. The van der Waals surface area contributed by atoms with Crippen molar-refractivity contribution < 1.29 is 4.39 Å². The Kier molecular flexibility index (Phi) is 6.22. The normalized spacial score (nSPS) is 14.8. The van der Waals surface area contributed by atoms with Gasteiger partial charge in [-0.1, -0.05) is 12.1 Å². The van der Waals surface area contributed by atoms with Gasteiger partial charge < -0.3 is 15.1 Å². The fourth-order valence-electron chi connectivity index (χ4n) is 3.55. The first-order valence-corrected chi connectivity index (χ1v) is 10.2. The lowest BCUT2D eigenvalue weighted by Gasteiger charge is -2.37. The number of piperazine rings is 1. The van der Waals surface area contributed by atoms with Crippen LogP contribution in [0.4, 0.5) is 10.1 Å². The molecule has 8 heteroatoms. The third-order valence-corrected chi connectivity index (χ3v) is 5.07. The maximum atomic E-state index is 14.1. The molecule has 0 radical (unpaired) electrons. The number of hydrogen-bond donors (Lipinski definition) is 1. The molecule has 156 valence electrons. The molecule has 0 amide bonds. The van der Waals surface area contributed by atoms with Gasteiger partial charge in [-0.05, 0) is 42.8 Å². The Morgan fingerprint density at radius 1 is 1.10 bits per heavy atom. The Morgan fingerprint density at radius 3 is 2.67 bits per heavy atom. The molecule has 7 nitrogen and oxygen atoms in total. The molecule has 3 aromatic rings. The van der Waals surface area contributed by atoms with Gasteiger partial charge in [-0.3, -0.25) is 0 Å². The number of hydrogen-bond acceptors (Lipinski definition) is 4. The summed E-state index contributed by atoms with van der Waals surface area (Å²) in [6, 6.07) is 12.8. The smallest absolute Gasteiger partial charge is 0.194 e. The van der Waals surface area contributed by atoms with Crippen LogP contribution in [-0.2, 0) is 6.54 Å². The molecule has 30 heavy (non-hydrogen) atoms. The summed E-state index contributed by atoms with van der Waals surface area (Å²) in [6.45, 7) is 6.49. The molecule has 1 aliphatic rings. The van der Waals surface area contributed by atoms with E-state index in [0.29, 0.717) is 12.2 Å². The lowest BCUT2D eigenvalue weighted by molar-refractivity contribution is 0.370. The van der Waals surface area contributed by atoms with Crippen molar-refractivity contribution in [3.8, 4) is 5.82 Å². The van der Waals surface area contributed by atoms with Gasteiger partial charge in [0.15, 0.2) is 11.8 Å². The third-order valence-electron chi connectivity index (χ3n) is 5.07. The Bertz CT molecular complexity index is 979. The van der Waals surface area contributed by atoms with Crippen LogP contribution < -0.4 is 10.2 Å². The first-order chi connectivity index (χ1) is 14.7. The molecule has 3 heterocycles. The van der Waals surface area contributed by atoms with Crippen LogP contribution >= 0.6 is 0 Å². The number of rotatable bonds is 5. The highest BCUT2D eigenvalue weighted by molar-refractivity contribution is 5.80. The molecule has 0 saturated carbocycles. The predicted octanol–water partition coefficient (Wildman–Crippen LogP) is 2.69. The number of nitrogens with zero attached hydrogens (tertiary/aromatic N) is 6. The van der Waals surface area contributed by atoms with E-state index >= 15 is 0 Å². The predicted molar refractivity (Wildman–Crippen MR) is 116 cm³/mol. The molecule has 1 saturated heterocycles. The summed E-state index contributed by atoms with van der Waals surface area (Å²) >= 11 is 0. The summed E-state index contributed by atoms with van der Waals surface area (Å²) in [7, 11) is 0. The second kappa shape index (κ2) is 9.39. The number of nitrogens with one attached hydrogen (secondary N) is 1. The SMILES string of the molecule is CCNC(=NCc1ccnc(-n2cccn2)c1)N1CCN(c2ccccc2F)CC1. The first-order valence-electron chi connectivity index (χ1n) is 10.2. The second-order valence-corrected chi connectivity index (χ2v) is 7.07. The maximum Gasteiger partial charge on any atom is 0.194 e. The van der Waals surface area contributed by atoms with Crippen molar-refractivity contribution in [2.75, 3.05) is 37.6 Å². The van der Waals surface area contributed by atoms with Crippen molar-refractivity contribution in [1.82, 2.24) is 25.0 Å². The number of benzene rings is 1. The number of aliphatic imine (C=N–C) groups is 1. The zero-order chi connectivity index (χ0) is 20.8. The van der Waals surface area contributed by atoms with Gasteiger partial charge in [0.1, 0.15) is 5.82 Å². The molecule has 1 aliphatic heterocycles. The average molecular weight is 407 g/mol.